The summed E-state index contributed by atoms with van der Waals surface area (Å²) < 4.78 is 28.5. The number of rotatable bonds is 4. The lowest BCUT2D eigenvalue weighted by atomic mass is 9.59. The summed E-state index contributed by atoms with van der Waals surface area (Å²) in [6.45, 7) is 5.19. The normalized spacial score (nSPS) is 36.8. The average Bonchev–Trinajstić information content (AvgIpc) is 2.62. The first-order valence-electron chi connectivity index (χ1n) is 8.36. The molecule has 1 heterocycles. The molecule has 0 unspecified atom stereocenters. The van der Waals surface area contributed by atoms with Gasteiger partial charge in [0.15, 0.2) is 11.9 Å². The molecule has 2 bridgehead atoms. The molecule has 1 aliphatic heterocycles. The number of nitriles is 1. The number of fused-ring (bicyclic) bond motifs is 2. The van der Waals surface area contributed by atoms with Crippen molar-refractivity contribution in [2.75, 3.05) is 34.5 Å². The Bertz CT molecular complexity index is 622. The molecule has 7 heteroatoms. The SMILES string of the molecule is COC1(OC)C(=O)[C@]2(OC)C=C(C3OCC(C)(C)CO3)[C@@H]1C[C@H]2C#N. The minimum Gasteiger partial charge on any atom is -0.365 e. The Balaban J connectivity index is 2.06. The van der Waals surface area contributed by atoms with Crippen LogP contribution in [0.5, 0.6) is 0 Å². The summed E-state index contributed by atoms with van der Waals surface area (Å²) in [5.41, 5.74) is -0.758. The van der Waals surface area contributed by atoms with Crippen LogP contribution in [0, 0.1) is 28.6 Å². The molecule has 0 N–H and O–H groups in total. The van der Waals surface area contributed by atoms with Crippen LogP contribution in [0.1, 0.15) is 20.3 Å². The van der Waals surface area contributed by atoms with Gasteiger partial charge in [-0.15, -0.1) is 0 Å². The Labute approximate surface area is 147 Å². The summed E-state index contributed by atoms with van der Waals surface area (Å²) in [7, 11) is 4.27. The summed E-state index contributed by atoms with van der Waals surface area (Å²) in [5, 5.41) is 9.55. The number of carbonyl (C=O) groups is 1. The molecule has 1 saturated heterocycles. The van der Waals surface area contributed by atoms with Crippen LogP contribution in [0.4, 0.5) is 0 Å². The van der Waals surface area contributed by atoms with Crippen LogP contribution in [0.25, 0.3) is 0 Å². The van der Waals surface area contributed by atoms with Gasteiger partial charge in [0.25, 0.3) is 0 Å². The lowest BCUT2D eigenvalue weighted by molar-refractivity contribution is -0.268. The Morgan fingerprint density at radius 3 is 2.24 bits per heavy atom. The molecule has 0 radical (unpaired) electrons. The van der Waals surface area contributed by atoms with Gasteiger partial charge in [0.1, 0.15) is 0 Å². The van der Waals surface area contributed by atoms with Gasteiger partial charge in [0.2, 0.25) is 11.6 Å². The number of hydrogen-bond donors (Lipinski definition) is 0. The molecular formula is C18H25NO6. The zero-order valence-electron chi connectivity index (χ0n) is 15.3. The molecule has 4 aliphatic rings. The number of ketones is 1. The van der Waals surface area contributed by atoms with Gasteiger partial charge in [-0.05, 0) is 18.1 Å². The van der Waals surface area contributed by atoms with E-state index in [9.17, 15) is 10.1 Å². The van der Waals surface area contributed by atoms with Crippen molar-refractivity contribution in [3.8, 4) is 6.07 Å². The molecule has 4 rings (SSSR count). The van der Waals surface area contributed by atoms with Crippen LogP contribution in [-0.2, 0) is 28.5 Å². The Morgan fingerprint density at radius 2 is 1.76 bits per heavy atom. The van der Waals surface area contributed by atoms with E-state index in [1.54, 1.807) is 6.08 Å². The molecule has 0 aromatic heterocycles. The van der Waals surface area contributed by atoms with Crippen molar-refractivity contribution in [3.63, 3.8) is 0 Å². The molecule has 0 amide bonds. The summed E-state index contributed by atoms with van der Waals surface area (Å²) >= 11 is 0. The lowest BCUT2D eigenvalue weighted by Crippen LogP contribution is -2.70. The van der Waals surface area contributed by atoms with E-state index in [4.69, 9.17) is 23.7 Å². The second-order valence-corrected chi connectivity index (χ2v) is 7.63. The van der Waals surface area contributed by atoms with E-state index in [1.165, 1.54) is 21.3 Å². The third-order valence-electron chi connectivity index (χ3n) is 5.53. The van der Waals surface area contributed by atoms with Crippen LogP contribution in [-0.4, -0.2) is 58.0 Å². The zero-order chi connectivity index (χ0) is 18.5. The number of Topliss-reactive ketones (excluding diaryl/α,β-unsaturated/α-hetero) is 1. The molecule has 3 aliphatic carbocycles. The van der Waals surface area contributed by atoms with E-state index in [1.807, 2.05) is 0 Å². The zero-order valence-corrected chi connectivity index (χ0v) is 15.3. The largest absolute Gasteiger partial charge is 0.365 e. The number of ether oxygens (including phenoxy) is 5. The van der Waals surface area contributed by atoms with Gasteiger partial charge in [-0.1, -0.05) is 13.8 Å². The van der Waals surface area contributed by atoms with Crippen molar-refractivity contribution in [2.45, 2.75) is 37.9 Å². The third kappa shape index (κ3) is 2.47. The predicted octanol–water partition coefficient (Wildman–Crippen LogP) is 1.43. The van der Waals surface area contributed by atoms with Crippen molar-refractivity contribution >= 4 is 5.78 Å². The van der Waals surface area contributed by atoms with E-state index in [0.29, 0.717) is 19.6 Å². The monoisotopic (exact) mass is 351 g/mol. The highest BCUT2D eigenvalue weighted by atomic mass is 16.7. The maximum atomic E-state index is 13.2. The van der Waals surface area contributed by atoms with Crippen molar-refractivity contribution in [2.24, 2.45) is 17.3 Å². The van der Waals surface area contributed by atoms with Crippen molar-refractivity contribution in [1.82, 2.24) is 0 Å². The second-order valence-electron chi connectivity index (χ2n) is 7.63. The van der Waals surface area contributed by atoms with Gasteiger partial charge >= 0.3 is 0 Å². The van der Waals surface area contributed by atoms with Crippen molar-refractivity contribution < 1.29 is 28.5 Å². The van der Waals surface area contributed by atoms with E-state index < -0.39 is 35.3 Å². The van der Waals surface area contributed by atoms with Gasteiger partial charge < -0.3 is 23.7 Å². The van der Waals surface area contributed by atoms with Crippen molar-refractivity contribution in [1.29, 1.82) is 5.26 Å². The van der Waals surface area contributed by atoms with Crippen LogP contribution in [0.3, 0.4) is 0 Å². The molecule has 7 nitrogen and oxygen atoms in total. The van der Waals surface area contributed by atoms with Crippen LogP contribution >= 0.6 is 0 Å². The van der Waals surface area contributed by atoms with Gasteiger partial charge in [-0.2, -0.15) is 5.26 Å². The van der Waals surface area contributed by atoms with E-state index in [-0.39, 0.29) is 5.41 Å². The van der Waals surface area contributed by atoms with E-state index >= 15 is 0 Å². The maximum absolute atomic E-state index is 13.2. The average molecular weight is 351 g/mol. The minimum atomic E-state index is -1.51. The van der Waals surface area contributed by atoms with Gasteiger partial charge in [0, 0.05) is 32.7 Å². The quantitative estimate of drug-likeness (QED) is 0.559. The fourth-order valence-corrected chi connectivity index (χ4v) is 4.14. The smallest absolute Gasteiger partial charge is 0.238 e. The Kier molecular flexibility index (Phi) is 4.55. The van der Waals surface area contributed by atoms with Crippen molar-refractivity contribution in [3.05, 3.63) is 11.6 Å². The maximum Gasteiger partial charge on any atom is 0.238 e. The molecule has 0 aromatic rings. The van der Waals surface area contributed by atoms with E-state index in [2.05, 4.69) is 19.9 Å². The molecule has 0 aromatic carbocycles. The topological polar surface area (TPSA) is 87.0 Å². The van der Waals surface area contributed by atoms with Gasteiger partial charge in [-0.3, -0.25) is 4.79 Å². The first-order chi connectivity index (χ1) is 11.8. The van der Waals surface area contributed by atoms with Crippen LogP contribution in [0.2, 0.25) is 0 Å². The van der Waals surface area contributed by atoms with Gasteiger partial charge in [0.05, 0.1) is 25.2 Å². The summed E-state index contributed by atoms with van der Waals surface area (Å²) in [4.78, 5) is 13.2. The second kappa shape index (κ2) is 6.15. The highest BCUT2D eigenvalue weighted by Gasteiger charge is 2.68. The molecule has 3 atom stereocenters. The number of methoxy groups -OCH3 is 3. The fourth-order valence-electron chi connectivity index (χ4n) is 4.14. The molecule has 25 heavy (non-hydrogen) atoms. The van der Waals surface area contributed by atoms with E-state index in [0.717, 1.165) is 5.57 Å². The fraction of sp³-hybridized carbons (Fsp3) is 0.778. The Hall–Kier alpha value is -1.30. The molecule has 0 spiro atoms. The molecule has 138 valence electrons. The highest BCUT2D eigenvalue weighted by molar-refractivity contribution is 5.99. The molecule has 1 saturated carbocycles. The Morgan fingerprint density at radius 1 is 1.16 bits per heavy atom. The number of nitrogens with zero attached hydrogens (tertiary/aromatic N) is 1. The summed E-state index contributed by atoms with van der Waals surface area (Å²) in [5.74, 6) is -2.98. The highest BCUT2D eigenvalue weighted by Crippen LogP contribution is 2.54. The standard InChI is InChI=1S/C18H25NO6/c1-16(2)9-24-14(25-10-16)12-7-17(21-3)11(8-19)6-13(12)18(22-4,23-5)15(17)20/h7,11,13-14H,6,9-10H2,1-5H3/t11-,13-,17-/m0/s1. The first-order valence-corrected chi connectivity index (χ1v) is 8.36. The number of hydrogen-bond acceptors (Lipinski definition) is 7. The molecular weight excluding hydrogens is 326 g/mol. The minimum absolute atomic E-state index is 0.0751. The first kappa shape index (κ1) is 18.5. The molecule has 2 fully saturated rings. The van der Waals surface area contributed by atoms with Crippen LogP contribution in [0.15, 0.2) is 11.6 Å². The predicted molar refractivity (Wildman–Crippen MR) is 86.3 cm³/mol. The lowest BCUT2D eigenvalue weighted by Gasteiger charge is -2.55. The number of carbonyl (C=O) groups excluding carboxylic acids is 1. The summed E-state index contributed by atoms with van der Waals surface area (Å²) in [6.07, 6.45) is 1.46. The van der Waals surface area contributed by atoms with Gasteiger partial charge in [-0.25, -0.2) is 0 Å². The third-order valence-corrected chi connectivity index (χ3v) is 5.53. The summed E-state index contributed by atoms with van der Waals surface area (Å²) in [6, 6.07) is 2.20. The van der Waals surface area contributed by atoms with Crippen LogP contribution < -0.4 is 0 Å².